The Kier molecular flexibility index (Phi) is 53.3. The van der Waals surface area contributed by atoms with Gasteiger partial charge in [0.05, 0.1) is 38.6 Å². The van der Waals surface area contributed by atoms with Gasteiger partial charge in [-0.15, -0.1) is 0 Å². The summed E-state index contributed by atoms with van der Waals surface area (Å²) in [7, 11) is 0. The first-order valence-electron chi connectivity index (χ1n) is 38.1. The number of nitrogens with one attached hydrogen (secondary N) is 1. The standard InChI is InChI=1S/C79H135NO18/c1-3-5-7-9-11-13-15-17-19-21-23-24-25-26-27-28-29-30-31-32-33-34-35-36-37-38-39-41-43-45-47-49-51-53-55-57-67(85)80-62(63(84)56-54-52-50-48-46-44-42-40-22-20-18-16-14-12-10-8-6-4-2)61-93-77-73(91)70(88)75(65(59-82)95-77)98-79-74(92)71(89)76(66(60-83)96-79)97-78-72(90)69(87)68(86)64(58-81)94-78/h5,7,11,13,17,19,23-24,26-27,29-30,32-33,35-36,54,56,62-66,68-79,81-84,86-92H,3-4,6,8-10,12,14-16,18,20-22,25,28,31,34,37-53,55,57-61H2,1-2H3,(H,80,85)/b7-5-,13-11-,19-17-,24-23-,27-26-,30-29-,33-32-,36-35-,56-54+. The zero-order valence-corrected chi connectivity index (χ0v) is 60.0. The van der Waals surface area contributed by atoms with Gasteiger partial charge in [-0.05, 0) is 83.5 Å². The molecule has 3 aliphatic heterocycles. The van der Waals surface area contributed by atoms with E-state index in [2.05, 4.69) is 116 Å². The third-order valence-electron chi connectivity index (χ3n) is 18.3. The van der Waals surface area contributed by atoms with Gasteiger partial charge in [0, 0.05) is 6.42 Å². The Bertz CT molecular complexity index is 2200. The number of carbonyl (C=O) groups is 1. The first-order valence-corrected chi connectivity index (χ1v) is 38.1. The van der Waals surface area contributed by atoms with Crippen molar-refractivity contribution in [3.8, 4) is 0 Å². The Labute approximate surface area is 589 Å². The highest BCUT2D eigenvalue weighted by atomic mass is 16.8. The summed E-state index contributed by atoms with van der Waals surface area (Å²) >= 11 is 0. The van der Waals surface area contributed by atoms with Crippen molar-refractivity contribution < 1.29 is 89.4 Å². The average Bonchev–Trinajstić information content (AvgIpc) is 0.785. The van der Waals surface area contributed by atoms with E-state index in [1.165, 1.54) is 116 Å². The van der Waals surface area contributed by atoms with Crippen LogP contribution >= 0.6 is 0 Å². The first-order chi connectivity index (χ1) is 47.8. The summed E-state index contributed by atoms with van der Waals surface area (Å²) in [5, 5.41) is 121. The minimum absolute atomic E-state index is 0.232. The molecule has 0 aromatic rings. The lowest BCUT2D eigenvalue weighted by Crippen LogP contribution is -2.66. The fraction of sp³-hybridized carbons (Fsp3) is 0.759. The molecule has 98 heavy (non-hydrogen) atoms. The second-order valence-corrected chi connectivity index (χ2v) is 26.7. The molecule has 0 radical (unpaired) electrons. The van der Waals surface area contributed by atoms with Crippen molar-refractivity contribution in [2.45, 2.75) is 356 Å². The second kappa shape index (κ2) is 58.9. The Morgan fingerprint density at radius 1 is 0.378 bits per heavy atom. The topological polar surface area (TPSA) is 307 Å². The number of carbonyl (C=O) groups excluding carboxylic acids is 1. The van der Waals surface area contributed by atoms with Crippen LogP contribution in [0.4, 0.5) is 0 Å². The van der Waals surface area contributed by atoms with Crippen molar-refractivity contribution in [2.24, 2.45) is 0 Å². The Hall–Kier alpha value is -3.55. The second-order valence-electron chi connectivity index (χ2n) is 26.7. The van der Waals surface area contributed by atoms with Gasteiger partial charge in [0.2, 0.25) is 5.91 Å². The van der Waals surface area contributed by atoms with E-state index in [-0.39, 0.29) is 18.9 Å². The maximum atomic E-state index is 13.4. The molecule has 0 aliphatic carbocycles. The van der Waals surface area contributed by atoms with E-state index in [0.29, 0.717) is 6.42 Å². The molecule has 12 N–H and O–H groups in total. The average molecular weight is 1390 g/mol. The molecule has 3 saturated heterocycles. The molecule has 0 bridgehead atoms. The number of allylic oxidation sites excluding steroid dienone is 17. The van der Waals surface area contributed by atoms with Gasteiger partial charge in [-0.2, -0.15) is 0 Å². The molecule has 0 aromatic carbocycles. The largest absolute Gasteiger partial charge is 0.394 e. The molecule has 564 valence electrons. The molecule has 3 rings (SSSR count). The smallest absolute Gasteiger partial charge is 0.220 e. The van der Waals surface area contributed by atoms with Crippen LogP contribution in [0.15, 0.2) is 109 Å². The highest BCUT2D eigenvalue weighted by molar-refractivity contribution is 5.76. The van der Waals surface area contributed by atoms with E-state index < -0.39 is 124 Å². The summed E-state index contributed by atoms with van der Waals surface area (Å²) in [6, 6.07) is -0.983. The van der Waals surface area contributed by atoms with Crippen molar-refractivity contribution in [2.75, 3.05) is 26.4 Å². The number of hydrogen-bond acceptors (Lipinski definition) is 18. The van der Waals surface area contributed by atoms with Gasteiger partial charge in [-0.1, -0.05) is 271 Å². The lowest BCUT2D eigenvalue weighted by Gasteiger charge is -2.48. The molecule has 19 nitrogen and oxygen atoms in total. The van der Waals surface area contributed by atoms with Gasteiger partial charge in [-0.25, -0.2) is 0 Å². The number of aliphatic hydroxyl groups is 11. The number of ether oxygens (including phenoxy) is 6. The van der Waals surface area contributed by atoms with E-state index in [0.717, 1.165) is 109 Å². The van der Waals surface area contributed by atoms with Crippen molar-refractivity contribution in [1.29, 1.82) is 0 Å². The van der Waals surface area contributed by atoms with Crippen molar-refractivity contribution in [1.82, 2.24) is 5.32 Å². The maximum absolute atomic E-state index is 13.4. The monoisotopic (exact) mass is 1390 g/mol. The molecule has 0 aromatic heterocycles. The number of unbranched alkanes of at least 4 members (excludes halogenated alkanes) is 26. The summed E-state index contributed by atoms with van der Waals surface area (Å²) in [6.07, 6.45) is 53.4. The van der Waals surface area contributed by atoms with Crippen LogP contribution in [-0.2, 0) is 33.2 Å². The number of amides is 1. The molecule has 3 fully saturated rings. The molecule has 0 saturated carbocycles. The first kappa shape index (κ1) is 88.7. The van der Waals surface area contributed by atoms with Crippen LogP contribution in [0.25, 0.3) is 0 Å². The summed E-state index contributed by atoms with van der Waals surface area (Å²) in [5.74, 6) is -0.283. The van der Waals surface area contributed by atoms with Crippen molar-refractivity contribution in [3.63, 3.8) is 0 Å². The van der Waals surface area contributed by atoms with Gasteiger partial charge in [0.15, 0.2) is 18.9 Å². The summed E-state index contributed by atoms with van der Waals surface area (Å²) < 4.78 is 34.4. The number of rotatable bonds is 58. The SMILES string of the molecule is CC/C=C\C/C=C\C/C=C\C/C=C\C/C=C\C/C=C\C/C=C\C/C=C\CCCCCCCCCCCCC(=O)NC(COC1OC(CO)C(OC2OC(CO)C(OC3OC(CO)C(O)C(O)C3O)C(O)C2O)C(O)C1O)C(O)/C=C/CCCCCCCCCCCCCCCCCC. The zero-order chi connectivity index (χ0) is 71.1. The van der Waals surface area contributed by atoms with Crippen molar-refractivity contribution in [3.05, 3.63) is 109 Å². The lowest BCUT2D eigenvalue weighted by molar-refractivity contribution is -0.379. The van der Waals surface area contributed by atoms with E-state index in [4.69, 9.17) is 28.4 Å². The van der Waals surface area contributed by atoms with Gasteiger partial charge in [-0.3, -0.25) is 4.79 Å². The van der Waals surface area contributed by atoms with E-state index in [1.807, 2.05) is 6.08 Å². The predicted octanol–water partition coefficient (Wildman–Crippen LogP) is 11.8. The molecule has 3 heterocycles. The highest BCUT2D eigenvalue weighted by Crippen LogP contribution is 2.33. The predicted molar refractivity (Wildman–Crippen MR) is 387 cm³/mol. The fourth-order valence-corrected chi connectivity index (χ4v) is 12.2. The minimum atomic E-state index is -1.98. The normalized spacial score (nSPS) is 27.4. The summed E-state index contributed by atoms with van der Waals surface area (Å²) in [5.41, 5.74) is 0. The molecule has 17 unspecified atom stereocenters. The van der Waals surface area contributed by atoms with E-state index in [9.17, 15) is 61.0 Å². The van der Waals surface area contributed by atoms with Crippen LogP contribution in [0, 0.1) is 0 Å². The Balaban J connectivity index is 1.38. The minimum Gasteiger partial charge on any atom is -0.394 e. The van der Waals surface area contributed by atoms with Crippen LogP contribution in [0.5, 0.6) is 0 Å². The summed E-state index contributed by atoms with van der Waals surface area (Å²) in [4.78, 5) is 13.4. The third kappa shape index (κ3) is 39.2. The quantitative estimate of drug-likeness (QED) is 0.0199. The third-order valence-corrected chi connectivity index (χ3v) is 18.3. The van der Waals surface area contributed by atoms with Crippen LogP contribution in [0.1, 0.15) is 251 Å². The number of hydrogen-bond donors (Lipinski definition) is 12. The molecular weight excluding hydrogens is 1250 g/mol. The molecular formula is C79H135NO18. The van der Waals surface area contributed by atoms with Gasteiger partial charge in [0.25, 0.3) is 0 Å². The molecule has 3 aliphatic rings. The highest BCUT2D eigenvalue weighted by Gasteiger charge is 2.53. The lowest BCUT2D eigenvalue weighted by atomic mass is 9.96. The zero-order valence-electron chi connectivity index (χ0n) is 60.0. The Morgan fingerprint density at radius 2 is 0.704 bits per heavy atom. The van der Waals surface area contributed by atoms with Gasteiger partial charge < -0.3 is 89.9 Å². The summed E-state index contributed by atoms with van der Waals surface area (Å²) in [6.45, 7) is 1.62. The van der Waals surface area contributed by atoms with Crippen LogP contribution < -0.4 is 5.32 Å². The van der Waals surface area contributed by atoms with Crippen LogP contribution in [0.2, 0.25) is 0 Å². The molecule has 19 heteroatoms. The van der Waals surface area contributed by atoms with Gasteiger partial charge in [0.1, 0.15) is 73.2 Å². The fourth-order valence-electron chi connectivity index (χ4n) is 12.2. The maximum Gasteiger partial charge on any atom is 0.220 e. The molecule has 0 spiro atoms. The number of aliphatic hydroxyl groups excluding tert-OH is 11. The Morgan fingerprint density at radius 3 is 1.10 bits per heavy atom. The van der Waals surface area contributed by atoms with Crippen molar-refractivity contribution >= 4 is 5.91 Å². The van der Waals surface area contributed by atoms with E-state index >= 15 is 0 Å². The van der Waals surface area contributed by atoms with Gasteiger partial charge >= 0.3 is 0 Å². The molecule has 17 atom stereocenters. The van der Waals surface area contributed by atoms with Crippen LogP contribution in [0.3, 0.4) is 0 Å². The van der Waals surface area contributed by atoms with E-state index in [1.54, 1.807) is 6.08 Å². The molecule has 1 amide bonds. The van der Waals surface area contributed by atoms with Crippen LogP contribution in [-0.4, -0.2) is 193 Å².